The summed E-state index contributed by atoms with van der Waals surface area (Å²) in [6, 6.07) is 2.41. The normalized spacial score (nSPS) is 12.7. The van der Waals surface area contributed by atoms with Crippen LogP contribution in [0.25, 0.3) is 10.2 Å². The van der Waals surface area contributed by atoms with Crippen molar-refractivity contribution in [3.8, 4) is 0 Å². The van der Waals surface area contributed by atoms with Crippen LogP contribution in [0, 0.1) is 6.92 Å². The second kappa shape index (κ2) is 5.50. The summed E-state index contributed by atoms with van der Waals surface area (Å²) in [5, 5.41) is 0. The number of halogens is 1. The number of alkyl halides is 1. The van der Waals surface area contributed by atoms with E-state index in [1.807, 2.05) is 13.1 Å². The van der Waals surface area contributed by atoms with Crippen LogP contribution in [0.15, 0.2) is 34.5 Å². The second-order valence-electron chi connectivity index (χ2n) is 3.89. The molecule has 0 saturated carbocycles. The molecule has 0 spiro atoms. The van der Waals surface area contributed by atoms with E-state index in [-0.39, 0.29) is 6.00 Å². The Bertz CT molecular complexity index is 634. The zero-order valence-corrected chi connectivity index (χ0v) is 11.9. The zero-order chi connectivity index (χ0) is 13.1. The average Bonchev–Trinajstić information content (AvgIpc) is 2.85. The van der Waals surface area contributed by atoms with Gasteiger partial charge in [-0.15, -0.1) is 22.9 Å². The molecule has 5 heteroatoms. The summed E-state index contributed by atoms with van der Waals surface area (Å²) in [7, 11) is 2.03. The molecule has 0 atom stereocenters. The molecule has 2 heterocycles. The minimum absolute atomic E-state index is 0.234. The number of aliphatic imine (C=N–C) groups is 2. The molecule has 0 aliphatic carbocycles. The summed E-state index contributed by atoms with van der Waals surface area (Å²) >= 11 is 7.48. The Morgan fingerprint density at radius 3 is 3.06 bits per heavy atom. The summed E-state index contributed by atoms with van der Waals surface area (Å²) in [4.78, 5) is 9.31. The van der Waals surface area contributed by atoms with Crippen molar-refractivity contribution in [2.24, 2.45) is 17.0 Å². The molecule has 0 aromatic carbocycles. The Kier molecular flexibility index (Phi) is 3.99. The number of hydrogen-bond acceptors (Lipinski definition) is 3. The van der Waals surface area contributed by atoms with Gasteiger partial charge in [0.15, 0.2) is 0 Å². The van der Waals surface area contributed by atoms with Gasteiger partial charge in [-0.3, -0.25) is 9.98 Å². The molecule has 3 nitrogen and oxygen atoms in total. The van der Waals surface area contributed by atoms with Crippen molar-refractivity contribution in [2.75, 3.05) is 6.00 Å². The Morgan fingerprint density at radius 2 is 2.39 bits per heavy atom. The lowest BCUT2D eigenvalue weighted by Crippen LogP contribution is -1.96. The average molecular weight is 280 g/mol. The molecule has 0 saturated heterocycles. The zero-order valence-electron chi connectivity index (χ0n) is 10.4. The maximum atomic E-state index is 5.72. The number of allylic oxidation sites excluding steroid dienone is 1. The molecular weight excluding hydrogens is 266 g/mol. The van der Waals surface area contributed by atoms with Gasteiger partial charge in [0.2, 0.25) is 0 Å². The summed E-state index contributed by atoms with van der Waals surface area (Å²) in [6.45, 7) is 5.54. The van der Waals surface area contributed by atoms with E-state index >= 15 is 0 Å². The van der Waals surface area contributed by atoms with E-state index in [0.29, 0.717) is 0 Å². The molecule has 0 unspecified atom stereocenters. The van der Waals surface area contributed by atoms with Crippen LogP contribution in [0.1, 0.15) is 10.4 Å². The molecule has 94 valence electrons. The van der Waals surface area contributed by atoms with Crippen LogP contribution in [0.5, 0.6) is 0 Å². The largest absolute Gasteiger partial charge is 0.349 e. The van der Waals surface area contributed by atoms with E-state index in [9.17, 15) is 0 Å². The van der Waals surface area contributed by atoms with E-state index in [0.717, 1.165) is 11.3 Å². The molecule has 2 aromatic heterocycles. The van der Waals surface area contributed by atoms with Crippen molar-refractivity contribution in [3.05, 3.63) is 35.0 Å². The van der Waals surface area contributed by atoms with Crippen molar-refractivity contribution >= 4 is 45.6 Å². The first-order valence-electron chi connectivity index (χ1n) is 5.46. The fourth-order valence-corrected chi connectivity index (χ4v) is 3.07. The van der Waals surface area contributed by atoms with Crippen molar-refractivity contribution in [1.82, 2.24) is 4.57 Å². The van der Waals surface area contributed by atoms with Gasteiger partial charge >= 0.3 is 0 Å². The molecule has 0 aliphatic heterocycles. The highest BCUT2D eigenvalue weighted by Crippen LogP contribution is 2.30. The van der Waals surface area contributed by atoms with E-state index in [1.54, 1.807) is 17.5 Å². The Hall–Kier alpha value is -1.39. The first-order valence-corrected chi connectivity index (χ1v) is 6.81. The Labute approximate surface area is 115 Å². The molecule has 2 rings (SSSR count). The third-order valence-electron chi connectivity index (χ3n) is 2.63. The first-order chi connectivity index (χ1) is 8.67. The molecule has 0 amide bonds. The standard InChI is InChI=1S/C13H14ClN3S/c1-9-6-12-13(18-9)10(7-17(12)3)11(16-8-14)4-5-15-2/h4-7H,2,8H2,1,3H3/b5-4-,16-11+. The summed E-state index contributed by atoms with van der Waals surface area (Å²) in [5.41, 5.74) is 3.14. The van der Waals surface area contributed by atoms with Gasteiger partial charge in [0.05, 0.1) is 15.9 Å². The van der Waals surface area contributed by atoms with E-state index in [4.69, 9.17) is 11.6 Å². The highest BCUT2D eigenvalue weighted by atomic mass is 35.5. The third kappa shape index (κ3) is 2.40. The maximum absolute atomic E-state index is 5.72. The monoisotopic (exact) mass is 279 g/mol. The van der Waals surface area contributed by atoms with Crippen molar-refractivity contribution in [1.29, 1.82) is 0 Å². The Balaban J connectivity index is 2.60. The summed E-state index contributed by atoms with van der Waals surface area (Å²) in [5.74, 6) is 0. The van der Waals surface area contributed by atoms with Crippen LogP contribution >= 0.6 is 22.9 Å². The fraction of sp³-hybridized carbons (Fsp3) is 0.231. The minimum Gasteiger partial charge on any atom is -0.349 e. The predicted octanol–water partition coefficient (Wildman–Crippen LogP) is 3.75. The van der Waals surface area contributed by atoms with Gasteiger partial charge in [0, 0.05) is 29.9 Å². The smallest absolute Gasteiger partial charge is 0.114 e. The van der Waals surface area contributed by atoms with Crippen molar-refractivity contribution in [2.45, 2.75) is 6.92 Å². The highest BCUT2D eigenvalue weighted by Gasteiger charge is 2.12. The molecule has 18 heavy (non-hydrogen) atoms. The van der Waals surface area contributed by atoms with Crippen LogP contribution in [0.4, 0.5) is 0 Å². The van der Waals surface area contributed by atoms with Gasteiger partial charge < -0.3 is 4.57 Å². The van der Waals surface area contributed by atoms with E-state index in [1.165, 1.54) is 15.1 Å². The summed E-state index contributed by atoms with van der Waals surface area (Å²) in [6.07, 6.45) is 5.53. The number of aryl methyl sites for hydroxylation is 2. The molecule has 0 N–H and O–H groups in total. The van der Waals surface area contributed by atoms with Gasteiger partial charge in [-0.05, 0) is 25.8 Å². The van der Waals surface area contributed by atoms with Crippen molar-refractivity contribution < 1.29 is 0 Å². The van der Waals surface area contributed by atoms with Crippen LogP contribution in [0.3, 0.4) is 0 Å². The lowest BCUT2D eigenvalue weighted by molar-refractivity contribution is 0.968. The SMILES string of the molecule is C=N/C=C\C(=N/CCl)c1cn(C)c2cc(C)sc12. The molecule has 0 radical (unpaired) electrons. The topological polar surface area (TPSA) is 29.6 Å². The molecule has 0 fully saturated rings. The van der Waals surface area contributed by atoms with Crippen molar-refractivity contribution in [3.63, 3.8) is 0 Å². The van der Waals surface area contributed by atoms with E-state index in [2.05, 4.69) is 40.5 Å². The molecule has 0 aliphatic rings. The first kappa shape index (κ1) is 13.1. The summed E-state index contributed by atoms with van der Waals surface area (Å²) < 4.78 is 3.33. The van der Waals surface area contributed by atoms with Gasteiger partial charge in [-0.25, -0.2) is 0 Å². The van der Waals surface area contributed by atoms with Gasteiger partial charge in [-0.1, -0.05) is 0 Å². The molecule has 2 aromatic rings. The highest BCUT2D eigenvalue weighted by molar-refractivity contribution is 7.19. The van der Waals surface area contributed by atoms with Crippen LogP contribution in [0.2, 0.25) is 0 Å². The Morgan fingerprint density at radius 1 is 1.61 bits per heavy atom. The van der Waals surface area contributed by atoms with Crippen LogP contribution in [-0.2, 0) is 7.05 Å². The lowest BCUT2D eigenvalue weighted by Gasteiger charge is -1.97. The van der Waals surface area contributed by atoms with E-state index < -0.39 is 0 Å². The lowest BCUT2D eigenvalue weighted by atomic mass is 10.2. The second-order valence-corrected chi connectivity index (χ2v) is 5.38. The number of fused-ring (bicyclic) bond motifs is 1. The number of hydrogen-bond donors (Lipinski definition) is 0. The number of aromatic nitrogens is 1. The number of nitrogens with zero attached hydrogens (tertiary/aromatic N) is 3. The third-order valence-corrected chi connectivity index (χ3v) is 3.82. The van der Waals surface area contributed by atoms with Gasteiger partial charge in [0.25, 0.3) is 0 Å². The number of thiophene rings is 1. The quantitative estimate of drug-likeness (QED) is 0.464. The van der Waals surface area contributed by atoms with Crippen LogP contribution < -0.4 is 0 Å². The predicted molar refractivity (Wildman–Crippen MR) is 81.5 cm³/mol. The maximum Gasteiger partial charge on any atom is 0.114 e. The number of rotatable bonds is 4. The fourth-order valence-electron chi connectivity index (χ4n) is 1.88. The molecule has 0 bridgehead atoms. The molecular formula is C13H14ClN3S. The van der Waals surface area contributed by atoms with Gasteiger partial charge in [0.1, 0.15) is 6.00 Å². The minimum atomic E-state index is 0.234. The van der Waals surface area contributed by atoms with Gasteiger partial charge in [-0.2, -0.15) is 0 Å². The van der Waals surface area contributed by atoms with Crippen LogP contribution in [-0.4, -0.2) is 23.0 Å².